The van der Waals surface area contributed by atoms with Gasteiger partial charge in [0.15, 0.2) is 5.76 Å². The molecule has 1 aliphatic rings. The Balaban J connectivity index is 1.82. The molecule has 0 spiro atoms. The van der Waals surface area contributed by atoms with E-state index in [0.717, 1.165) is 55.0 Å². The van der Waals surface area contributed by atoms with E-state index in [2.05, 4.69) is 19.0 Å². The normalized spacial score (nSPS) is 18.0. The fraction of sp³-hybridized carbons (Fsp3) is 0.524. The molecule has 5 heteroatoms. The van der Waals surface area contributed by atoms with Crippen LogP contribution in [0.4, 0.5) is 0 Å². The number of ether oxygens (including phenoxy) is 1. The average Bonchev–Trinajstić information content (AvgIpc) is 2.98. The molecule has 140 valence electrons. The Hall–Kier alpha value is -2.30. The van der Waals surface area contributed by atoms with E-state index in [1.54, 1.807) is 7.11 Å². The van der Waals surface area contributed by atoms with Gasteiger partial charge in [0.05, 0.1) is 13.2 Å². The number of nitrogens with zero attached hydrogens (tertiary/aromatic N) is 2. The van der Waals surface area contributed by atoms with Crippen molar-refractivity contribution in [2.24, 2.45) is 5.92 Å². The van der Waals surface area contributed by atoms with Crippen molar-refractivity contribution in [1.29, 1.82) is 0 Å². The minimum absolute atomic E-state index is 0.0134. The predicted octanol–water partition coefficient (Wildman–Crippen LogP) is 4.84. The molecule has 5 nitrogen and oxygen atoms in total. The summed E-state index contributed by atoms with van der Waals surface area (Å²) in [5, 5.41) is 4.31. The van der Waals surface area contributed by atoms with Crippen molar-refractivity contribution in [3.63, 3.8) is 0 Å². The van der Waals surface area contributed by atoms with E-state index in [1.807, 2.05) is 35.2 Å². The third kappa shape index (κ3) is 4.26. The minimum atomic E-state index is 0.0134. The molecule has 0 N–H and O–H groups in total. The second kappa shape index (κ2) is 8.39. The van der Waals surface area contributed by atoms with Crippen molar-refractivity contribution in [2.45, 2.75) is 52.0 Å². The van der Waals surface area contributed by atoms with Crippen molar-refractivity contribution < 1.29 is 14.1 Å². The van der Waals surface area contributed by atoms with Crippen LogP contribution in [0.5, 0.6) is 5.75 Å². The molecule has 2 heterocycles. The van der Waals surface area contributed by atoms with E-state index in [0.29, 0.717) is 12.3 Å². The largest absolute Gasteiger partial charge is 0.497 e. The molecule has 2 aromatic rings. The van der Waals surface area contributed by atoms with Gasteiger partial charge in [0, 0.05) is 24.6 Å². The summed E-state index contributed by atoms with van der Waals surface area (Å²) in [4.78, 5) is 14.8. The fourth-order valence-corrected chi connectivity index (χ4v) is 3.52. The van der Waals surface area contributed by atoms with Gasteiger partial charge in [-0.2, -0.15) is 0 Å². The first-order chi connectivity index (χ1) is 12.6. The zero-order chi connectivity index (χ0) is 18.5. The second-order valence-corrected chi connectivity index (χ2v) is 7.39. The fourth-order valence-electron chi connectivity index (χ4n) is 3.52. The maximum atomic E-state index is 12.7. The molecular weight excluding hydrogens is 328 g/mol. The number of hydrogen-bond acceptors (Lipinski definition) is 4. The lowest BCUT2D eigenvalue weighted by molar-refractivity contribution is -0.134. The van der Waals surface area contributed by atoms with Crippen LogP contribution in [-0.2, 0) is 4.79 Å². The smallest absolute Gasteiger partial charge is 0.223 e. The maximum absolute atomic E-state index is 12.7. The van der Waals surface area contributed by atoms with Crippen LogP contribution in [0.1, 0.15) is 57.7 Å². The molecule has 1 unspecified atom stereocenters. The van der Waals surface area contributed by atoms with Crippen molar-refractivity contribution in [2.75, 3.05) is 13.7 Å². The highest BCUT2D eigenvalue weighted by Crippen LogP contribution is 2.33. The molecule has 1 saturated heterocycles. The molecule has 0 saturated carbocycles. The number of benzene rings is 1. The second-order valence-electron chi connectivity index (χ2n) is 7.39. The molecule has 3 rings (SSSR count). The lowest BCUT2D eigenvalue weighted by Crippen LogP contribution is -2.35. The molecular formula is C21H28N2O3. The average molecular weight is 356 g/mol. The van der Waals surface area contributed by atoms with Crippen LogP contribution in [0.3, 0.4) is 0 Å². The number of likely N-dealkylation sites (tertiary alicyclic amines) is 1. The van der Waals surface area contributed by atoms with Crippen molar-refractivity contribution in [1.82, 2.24) is 10.1 Å². The van der Waals surface area contributed by atoms with Gasteiger partial charge >= 0.3 is 0 Å². The molecule has 1 fully saturated rings. The van der Waals surface area contributed by atoms with Crippen LogP contribution < -0.4 is 4.74 Å². The Bertz CT molecular complexity index is 721. The number of aromatic nitrogens is 1. The van der Waals surface area contributed by atoms with Crippen LogP contribution in [0.15, 0.2) is 34.9 Å². The summed E-state index contributed by atoms with van der Waals surface area (Å²) in [5.41, 5.74) is 1.81. The molecule has 1 aromatic carbocycles. The van der Waals surface area contributed by atoms with Gasteiger partial charge in [-0.25, -0.2) is 0 Å². The molecule has 1 aliphatic heterocycles. The third-order valence-electron chi connectivity index (χ3n) is 4.90. The van der Waals surface area contributed by atoms with Crippen LogP contribution in [0.25, 0.3) is 11.3 Å². The molecule has 26 heavy (non-hydrogen) atoms. The summed E-state index contributed by atoms with van der Waals surface area (Å²) in [5.74, 6) is 2.12. The zero-order valence-electron chi connectivity index (χ0n) is 15.9. The molecule has 0 bridgehead atoms. The van der Waals surface area contributed by atoms with Crippen LogP contribution in [-0.4, -0.2) is 29.6 Å². The monoisotopic (exact) mass is 356 g/mol. The lowest BCUT2D eigenvalue weighted by atomic mass is 10.0. The standard InChI is InChI=1S/C21H28N2O3/c1-15(2)13-21(24)23-12-6-4-5-7-19(23)18-14-20(26-22-18)16-8-10-17(25-3)11-9-16/h8-11,14-15,19H,4-7,12-13H2,1-3H3. The Morgan fingerprint density at radius 2 is 2.04 bits per heavy atom. The highest BCUT2D eigenvalue weighted by molar-refractivity contribution is 5.77. The Kier molecular flexibility index (Phi) is 5.96. The molecule has 1 amide bonds. The van der Waals surface area contributed by atoms with E-state index in [9.17, 15) is 4.79 Å². The Morgan fingerprint density at radius 3 is 2.73 bits per heavy atom. The van der Waals surface area contributed by atoms with Crippen molar-refractivity contribution in [3.05, 3.63) is 36.0 Å². The van der Waals surface area contributed by atoms with Gasteiger partial charge in [-0.1, -0.05) is 31.8 Å². The maximum Gasteiger partial charge on any atom is 0.223 e. The Labute approximate surface area is 155 Å². The number of rotatable bonds is 5. The summed E-state index contributed by atoms with van der Waals surface area (Å²) in [6, 6.07) is 9.71. The number of hydrogen-bond donors (Lipinski definition) is 0. The third-order valence-corrected chi connectivity index (χ3v) is 4.90. The van der Waals surface area contributed by atoms with Gasteiger partial charge in [0.25, 0.3) is 0 Å². The summed E-state index contributed by atoms with van der Waals surface area (Å²) >= 11 is 0. The minimum Gasteiger partial charge on any atom is -0.497 e. The quantitative estimate of drug-likeness (QED) is 0.769. The number of methoxy groups -OCH3 is 1. The topological polar surface area (TPSA) is 55.6 Å². The summed E-state index contributed by atoms with van der Waals surface area (Å²) in [6.07, 6.45) is 4.85. The zero-order valence-corrected chi connectivity index (χ0v) is 15.9. The van der Waals surface area contributed by atoms with Gasteiger partial charge < -0.3 is 14.2 Å². The summed E-state index contributed by atoms with van der Waals surface area (Å²) in [7, 11) is 1.65. The number of carbonyl (C=O) groups is 1. The van der Waals surface area contributed by atoms with Crippen molar-refractivity contribution in [3.8, 4) is 17.1 Å². The Morgan fingerprint density at radius 1 is 1.27 bits per heavy atom. The van der Waals surface area contributed by atoms with Gasteiger partial charge in [0.2, 0.25) is 5.91 Å². The van der Waals surface area contributed by atoms with Crippen LogP contribution in [0.2, 0.25) is 0 Å². The number of carbonyl (C=O) groups excluding carboxylic acids is 1. The van der Waals surface area contributed by atoms with Gasteiger partial charge in [-0.3, -0.25) is 4.79 Å². The first-order valence-corrected chi connectivity index (χ1v) is 9.49. The van der Waals surface area contributed by atoms with E-state index in [-0.39, 0.29) is 11.9 Å². The van der Waals surface area contributed by atoms with Gasteiger partial charge in [-0.05, 0) is 43.0 Å². The summed E-state index contributed by atoms with van der Waals surface area (Å²) in [6.45, 7) is 4.98. The molecule has 0 radical (unpaired) electrons. The molecule has 0 aliphatic carbocycles. The van der Waals surface area contributed by atoms with E-state index in [1.165, 1.54) is 0 Å². The first-order valence-electron chi connectivity index (χ1n) is 9.49. The molecule has 1 atom stereocenters. The first kappa shape index (κ1) is 18.5. The van der Waals surface area contributed by atoms with Gasteiger partial charge in [-0.15, -0.1) is 0 Å². The molecule has 1 aromatic heterocycles. The van der Waals surface area contributed by atoms with Crippen LogP contribution in [0, 0.1) is 5.92 Å². The van der Waals surface area contributed by atoms with Crippen molar-refractivity contribution >= 4 is 5.91 Å². The highest BCUT2D eigenvalue weighted by atomic mass is 16.5. The summed E-state index contributed by atoms with van der Waals surface area (Å²) < 4.78 is 10.8. The van der Waals surface area contributed by atoms with E-state index >= 15 is 0 Å². The van der Waals surface area contributed by atoms with E-state index < -0.39 is 0 Å². The highest BCUT2D eigenvalue weighted by Gasteiger charge is 2.29. The predicted molar refractivity (Wildman–Crippen MR) is 101 cm³/mol. The lowest BCUT2D eigenvalue weighted by Gasteiger charge is -2.29. The number of amides is 1. The van der Waals surface area contributed by atoms with Gasteiger partial charge in [0.1, 0.15) is 11.4 Å². The SMILES string of the molecule is COc1ccc(-c2cc(C3CCCCCN3C(=O)CC(C)C)no2)cc1. The van der Waals surface area contributed by atoms with Crippen LogP contribution >= 0.6 is 0 Å². The van der Waals surface area contributed by atoms with E-state index in [4.69, 9.17) is 9.26 Å².